The predicted molar refractivity (Wildman–Crippen MR) is 104 cm³/mol. The quantitative estimate of drug-likeness (QED) is 0.610. The smallest absolute Gasteiger partial charge is 0.270 e. The van der Waals surface area contributed by atoms with E-state index < -0.39 is 16.9 Å². The third-order valence-corrected chi connectivity index (χ3v) is 4.57. The number of carbonyl (C=O) groups is 2. The summed E-state index contributed by atoms with van der Waals surface area (Å²) in [5.41, 5.74) is 0.402. The molecule has 0 saturated heterocycles. The lowest BCUT2D eigenvalue weighted by Crippen LogP contribution is -2.51. The van der Waals surface area contributed by atoms with Crippen LogP contribution in [0.4, 0.5) is 11.4 Å². The van der Waals surface area contributed by atoms with E-state index in [2.05, 4.69) is 5.32 Å². The lowest BCUT2D eigenvalue weighted by molar-refractivity contribution is -0.384. The monoisotopic (exact) mass is 403 g/mol. The maximum Gasteiger partial charge on any atom is 0.270 e. The van der Waals surface area contributed by atoms with Gasteiger partial charge >= 0.3 is 0 Å². The summed E-state index contributed by atoms with van der Waals surface area (Å²) in [7, 11) is 0. The van der Waals surface area contributed by atoms with Crippen LogP contribution >= 0.6 is 11.6 Å². The van der Waals surface area contributed by atoms with Gasteiger partial charge < -0.3 is 15.0 Å². The highest BCUT2D eigenvalue weighted by Crippen LogP contribution is 2.35. The standard InChI is InChI=1S/C19H18ClN3O5/c1-2-9-21-18(24)17-11-22(15-5-3-4-6-16(15)28-17)19(25)13-8-7-12(23(26)27)10-14(13)20/h3-8,10,17H,2,9,11H2,1H3,(H,21,24)/t17-/m1/s1. The maximum absolute atomic E-state index is 13.1. The van der Waals surface area contributed by atoms with E-state index in [1.807, 2.05) is 6.92 Å². The highest BCUT2D eigenvalue weighted by molar-refractivity contribution is 6.34. The van der Waals surface area contributed by atoms with Crippen molar-refractivity contribution in [3.63, 3.8) is 0 Å². The zero-order valence-corrected chi connectivity index (χ0v) is 15.8. The number of ether oxygens (including phenoxy) is 1. The summed E-state index contributed by atoms with van der Waals surface area (Å²) in [6, 6.07) is 10.5. The van der Waals surface area contributed by atoms with E-state index in [4.69, 9.17) is 16.3 Å². The normalized spacial score (nSPS) is 15.4. The van der Waals surface area contributed by atoms with Crippen molar-refractivity contribution in [2.75, 3.05) is 18.0 Å². The van der Waals surface area contributed by atoms with Gasteiger partial charge in [-0.3, -0.25) is 19.7 Å². The highest BCUT2D eigenvalue weighted by atomic mass is 35.5. The van der Waals surface area contributed by atoms with Gasteiger partial charge in [0.1, 0.15) is 5.75 Å². The number of anilines is 1. The fraction of sp³-hybridized carbons (Fsp3) is 0.263. The van der Waals surface area contributed by atoms with Crippen LogP contribution in [-0.4, -0.2) is 35.9 Å². The minimum Gasteiger partial charge on any atom is -0.477 e. The lowest BCUT2D eigenvalue weighted by Gasteiger charge is -2.34. The fourth-order valence-electron chi connectivity index (χ4n) is 2.86. The number of benzene rings is 2. The molecule has 146 valence electrons. The summed E-state index contributed by atoms with van der Waals surface area (Å²) in [5.74, 6) is -0.385. The number of nitrogens with one attached hydrogen (secondary N) is 1. The van der Waals surface area contributed by atoms with Gasteiger partial charge in [-0.1, -0.05) is 30.7 Å². The second kappa shape index (κ2) is 8.26. The van der Waals surface area contributed by atoms with Gasteiger partial charge in [0.2, 0.25) is 0 Å². The molecule has 3 rings (SSSR count). The van der Waals surface area contributed by atoms with Crippen LogP contribution in [0.5, 0.6) is 5.75 Å². The molecule has 0 unspecified atom stereocenters. The first kappa shape index (κ1) is 19.6. The third kappa shape index (κ3) is 3.91. The number of nitro groups is 1. The van der Waals surface area contributed by atoms with Crippen molar-refractivity contribution in [2.24, 2.45) is 0 Å². The predicted octanol–water partition coefficient (Wildman–Crippen LogP) is 3.18. The van der Waals surface area contributed by atoms with Crippen LogP contribution < -0.4 is 15.0 Å². The van der Waals surface area contributed by atoms with E-state index in [0.717, 1.165) is 12.5 Å². The van der Waals surface area contributed by atoms with Crippen LogP contribution in [0.25, 0.3) is 0 Å². The number of nitro benzene ring substituents is 1. The Morgan fingerprint density at radius 1 is 1.32 bits per heavy atom. The molecule has 1 N–H and O–H groups in total. The zero-order valence-electron chi connectivity index (χ0n) is 15.1. The van der Waals surface area contributed by atoms with E-state index >= 15 is 0 Å². The third-order valence-electron chi connectivity index (χ3n) is 4.25. The van der Waals surface area contributed by atoms with Crippen molar-refractivity contribution in [1.29, 1.82) is 0 Å². The van der Waals surface area contributed by atoms with Crippen LogP contribution in [0.3, 0.4) is 0 Å². The number of hydrogen-bond donors (Lipinski definition) is 1. The number of hydrogen-bond acceptors (Lipinski definition) is 5. The molecule has 2 amide bonds. The topological polar surface area (TPSA) is 102 Å². The molecule has 1 aliphatic rings. The molecule has 2 aromatic rings. The molecule has 1 heterocycles. The van der Waals surface area contributed by atoms with Gasteiger partial charge in [-0.05, 0) is 24.6 Å². The Bertz CT molecular complexity index is 934. The van der Waals surface area contributed by atoms with E-state index in [9.17, 15) is 19.7 Å². The van der Waals surface area contributed by atoms with Crippen LogP contribution in [0, 0.1) is 10.1 Å². The molecule has 0 radical (unpaired) electrons. The minimum atomic E-state index is -0.873. The summed E-state index contributed by atoms with van der Waals surface area (Å²) in [4.78, 5) is 37.2. The van der Waals surface area contributed by atoms with Crippen molar-refractivity contribution < 1.29 is 19.2 Å². The van der Waals surface area contributed by atoms with Crippen molar-refractivity contribution in [2.45, 2.75) is 19.4 Å². The summed E-state index contributed by atoms with van der Waals surface area (Å²) >= 11 is 6.12. The van der Waals surface area contributed by atoms with Gasteiger partial charge in [0.25, 0.3) is 17.5 Å². The number of rotatable bonds is 5. The molecule has 0 bridgehead atoms. The molecule has 2 aromatic carbocycles. The van der Waals surface area contributed by atoms with Gasteiger partial charge in [0, 0.05) is 18.7 Å². The molecule has 0 saturated carbocycles. The second-order valence-electron chi connectivity index (χ2n) is 6.20. The molecule has 0 aliphatic carbocycles. The molecule has 0 spiro atoms. The molecule has 0 fully saturated rings. The molecule has 0 aromatic heterocycles. The van der Waals surface area contributed by atoms with Gasteiger partial charge in [-0.2, -0.15) is 0 Å². The SMILES string of the molecule is CCCNC(=O)[C@H]1CN(C(=O)c2ccc([N+](=O)[O-])cc2Cl)c2ccccc2O1. The molecule has 1 aliphatic heterocycles. The van der Waals surface area contributed by atoms with Crippen molar-refractivity contribution >= 4 is 34.8 Å². The maximum atomic E-state index is 13.1. The molecule has 28 heavy (non-hydrogen) atoms. The van der Waals surface area contributed by atoms with Crippen LogP contribution in [0.1, 0.15) is 23.7 Å². The summed E-state index contributed by atoms with van der Waals surface area (Å²) in [5, 5.41) is 13.6. The van der Waals surface area contributed by atoms with Gasteiger partial charge in [-0.25, -0.2) is 0 Å². The Morgan fingerprint density at radius 3 is 2.75 bits per heavy atom. The summed E-state index contributed by atoms with van der Waals surface area (Å²) in [6.07, 6.45) is -0.0990. The first-order valence-electron chi connectivity index (χ1n) is 8.71. The van der Waals surface area contributed by atoms with E-state index in [0.29, 0.717) is 18.0 Å². The Labute approximate surface area is 166 Å². The second-order valence-corrected chi connectivity index (χ2v) is 6.61. The number of para-hydroxylation sites is 2. The lowest BCUT2D eigenvalue weighted by atomic mass is 10.1. The molecule has 8 nitrogen and oxygen atoms in total. The molecule has 1 atom stereocenters. The fourth-order valence-corrected chi connectivity index (χ4v) is 3.12. The number of amides is 2. The summed E-state index contributed by atoms with van der Waals surface area (Å²) in [6.45, 7) is 2.44. The Hall–Kier alpha value is -3.13. The Balaban J connectivity index is 1.94. The summed E-state index contributed by atoms with van der Waals surface area (Å²) < 4.78 is 5.76. The Kier molecular flexibility index (Phi) is 5.79. The number of halogens is 1. The molecule has 9 heteroatoms. The average Bonchev–Trinajstić information content (AvgIpc) is 2.70. The zero-order chi connectivity index (χ0) is 20.3. The first-order valence-corrected chi connectivity index (χ1v) is 9.09. The minimum absolute atomic E-state index is 0.00128. The number of carbonyl (C=O) groups excluding carboxylic acids is 2. The van der Waals surface area contributed by atoms with Crippen LogP contribution in [0.15, 0.2) is 42.5 Å². The number of fused-ring (bicyclic) bond motifs is 1. The van der Waals surface area contributed by atoms with Crippen LogP contribution in [0.2, 0.25) is 5.02 Å². The van der Waals surface area contributed by atoms with E-state index in [1.165, 1.54) is 17.0 Å². The van der Waals surface area contributed by atoms with Gasteiger partial charge in [-0.15, -0.1) is 0 Å². The molecular weight excluding hydrogens is 386 g/mol. The van der Waals surface area contributed by atoms with Crippen LogP contribution in [-0.2, 0) is 4.79 Å². The Morgan fingerprint density at radius 2 is 2.07 bits per heavy atom. The average molecular weight is 404 g/mol. The van der Waals surface area contributed by atoms with Crippen molar-refractivity contribution in [3.05, 3.63) is 63.2 Å². The van der Waals surface area contributed by atoms with Gasteiger partial charge in [0.15, 0.2) is 6.10 Å². The van der Waals surface area contributed by atoms with E-state index in [-0.39, 0.29) is 28.7 Å². The number of nitrogens with zero attached hydrogens (tertiary/aromatic N) is 2. The highest BCUT2D eigenvalue weighted by Gasteiger charge is 2.34. The van der Waals surface area contributed by atoms with Crippen molar-refractivity contribution in [3.8, 4) is 5.75 Å². The molecular formula is C19H18ClN3O5. The van der Waals surface area contributed by atoms with Gasteiger partial charge in [0.05, 0.1) is 27.7 Å². The first-order chi connectivity index (χ1) is 13.4. The largest absolute Gasteiger partial charge is 0.477 e. The van der Waals surface area contributed by atoms with Crippen molar-refractivity contribution in [1.82, 2.24) is 5.32 Å². The van der Waals surface area contributed by atoms with E-state index in [1.54, 1.807) is 24.3 Å². The number of non-ortho nitro benzene ring substituents is 1.